The molecule has 1 rings (SSSR count). The van der Waals surface area contributed by atoms with Crippen LogP contribution in [0.1, 0.15) is 13.8 Å². The molecule has 0 aromatic heterocycles. The summed E-state index contributed by atoms with van der Waals surface area (Å²) >= 11 is 0. The van der Waals surface area contributed by atoms with Crippen molar-refractivity contribution in [2.24, 2.45) is 5.41 Å². The van der Waals surface area contributed by atoms with Crippen molar-refractivity contribution in [3.8, 4) is 12.3 Å². The molecule has 0 heterocycles. The van der Waals surface area contributed by atoms with Crippen molar-refractivity contribution in [3.05, 3.63) is 45.7 Å². The first-order valence-corrected chi connectivity index (χ1v) is 4.19. The van der Waals surface area contributed by atoms with Gasteiger partial charge in [-0.2, -0.15) is 0 Å². The lowest BCUT2D eigenvalue weighted by Gasteiger charge is -2.12. The van der Waals surface area contributed by atoms with Crippen LogP contribution in [0.4, 0.5) is 0 Å². The first-order valence-electron chi connectivity index (χ1n) is 4.19. The number of hydrogen-bond donors (Lipinski definition) is 0. The molecule has 3 heteroatoms. The third kappa shape index (κ3) is 2.33. The van der Waals surface area contributed by atoms with Crippen molar-refractivity contribution in [1.82, 2.24) is 0 Å². The Kier molecular flexibility index (Phi) is 2.57. The molecule has 1 aliphatic carbocycles. The first-order chi connectivity index (χ1) is 6.44. The Morgan fingerprint density at radius 2 is 2.21 bits per heavy atom. The molecule has 0 radical (unpaired) electrons. The lowest BCUT2D eigenvalue weighted by Crippen LogP contribution is -2.02. The fourth-order valence-corrected chi connectivity index (χ4v) is 1.20. The molecule has 0 unspecified atom stereocenters. The summed E-state index contributed by atoms with van der Waals surface area (Å²) in [6, 6.07) is 0. The Labute approximate surface area is 83.0 Å². The zero-order chi connectivity index (χ0) is 10.8. The lowest BCUT2D eigenvalue weighted by molar-refractivity contribution is -0.419. The summed E-state index contributed by atoms with van der Waals surface area (Å²) in [5.74, 6) is 2.42. The molecule has 0 N–H and O–H groups in total. The number of rotatable bonds is 1. The van der Waals surface area contributed by atoms with Gasteiger partial charge in [0.05, 0.1) is 4.92 Å². The summed E-state index contributed by atoms with van der Waals surface area (Å²) in [7, 11) is 0. The molecular weight excluding hydrogens is 178 g/mol. The molecule has 0 saturated heterocycles. The van der Waals surface area contributed by atoms with Crippen LogP contribution in [-0.4, -0.2) is 4.92 Å². The van der Waals surface area contributed by atoms with E-state index in [1.165, 1.54) is 12.2 Å². The van der Waals surface area contributed by atoms with Gasteiger partial charge in [0, 0.05) is 23.1 Å². The van der Waals surface area contributed by atoms with E-state index < -0.39 is 4.92 Å². The fraction of sp³-hybridized carbons (Fsp3) is 0.273. The van der Waals surface area contributed by atoms with Crippen molar-refractivity contribution in [3.63, 3.8) is 0 Å². The highest BCUT2D eigenvalue weighted by Gasteiger charge is 2.17. The first kappa shape index (κ1) is 10.3. The average Bonchev–Trinajstić information content (AvgIpc) is 2.23. The lowest BCUT2D eigenvalue weighted by atomic mass is 9.91. The van der Waals surface area contributed by atoms with Gasteiger partial charge in [0.15, 0.2) is 0 Å². The summed E-state index contributed by atoms with van der Waals surface area (Å²) in [6.45, 7) is 3.88. The topological polar surface area (TPSA) is 43.1 Å². The molecular formula is C11H11NO2. The number of terminal acetylenes is 1. The number of nitro groups is 1. The number of hydrogen-bond acceptors (Lipinski definition) is 2. The van der Waals surface area contributed by atoms with Crippen LogP contribution >= 0.6 is 0 Å². The van der Waals surface area contributed by atoms with Gasteiger partial charge in [0.2, 0.25) is 0 Å². The highest BCUT2D eigenvalue weighted by molar-refractivity contribution is 5.43. The quantitative estimate of drug-likeness (QED) is 0.361. The molecule has 0 aliphatic heterocycles. The van der Waals surface area contributed by atoms with Crippen LogP contribution in [0, 0.1) is 27.9 Å². The standard InChI is InChI=1S/C11H11NO2/c1-4-9-7-10(12(13)14)5-6-11(2,3)8-9/h1,5-8H,2-3H3. The molecule has 0 amide bonds. The molecule has 0 aromatic rings. The smallest absolute Gasteiger partial charge is 0.258 e. The predicted octanol–water partition coefficient (Wildman–Crippen LogP) is 2.30. The molecule has 1 aliphatic rings. The molecule has 0 aromatic carbocycles. The Hall–Kier alpha value is -1.82. The van der Waals surface area contributed by atoms with E-state index in [9.17, 15) is 10.1 Å². The average molecular weight is 189 g/mol. The SMILES string of the molecule is C#CC1=CC(C)(C)C=CC([N+](=O)[O-])=C1. The van der Waals surface area contributed by atoms with Crippen LogP contribution in [0.3, 0.4) is 0 Å². The van der Waals surface area contributed by atoms with Crippen LogP contribution in [-0.2, 0) is 0 Å². The normalized spacial score (nSPS) is 18.9. The maximum atomic E-state index is 10.6. The van der Waals surface area contributed by atoms with Crippen molar-refractivity contribution < 1.29 is 4.92 Å². The summed E-state index contributed by atoms with van der Waals surface area (Å²) in [6.07, 6.45) is 11.7. The van der Waals surface area contributed by atoms with Gasteiger partial charge in [-0.25, -0.2) is 0 Å². The minimum atomic E-state index is -0.441. The van der Waals surface area contributed by atoms with Gasteiger partial charge in [-0.15, -0.1) is 6.42 Å². The van der Waals surface area contributed by atoms with E-state index in [4.69, 9.17) is 6.42 Å². The van der Waals surface area contributed by atoms with Crippen LogP contribution in [0.15, 0.2) is 35.6 Å². The predicted molar refractivity (Wildman–Crippen MR) is 54.9 cm³/mol. The summed E-state index contributed by atoms with van der Waals surface area (Å²) in [5, 5.41) is 10.6. The molecule has 0 bridgehead atoms. The van der Waals surface area contributed by atoms with Crippen LogP contribution in [0.25, 0.3) is 0 Å². The third-order valence-electron chi connectivity index (χ3n) is 1.89. The third-order valence-corrected chi connectivity index (χ3v) is 1.89. The Bertz CT molecular complexity index is 392. The highest BCUT2D eigenvalue weighted by atomic mass is 16.6. The minimum absolute atomic E-state index is 0.0276. The van der Waals surface area contributed by atoms with Gasteiger partial charge in [-0.3, -0.25) is 10.1 Å². The van der Waals surface area contributed by atoms with E-state index in [0.29, 0.717) is 5.57 Å². The van der Waals surface area contributed by atoms with E-state index in [0.717, 1.165) is 0 Å². The van der Waals surface area contributed by atoms with Crippen LogP contribution < -0.4 is 0 Å². The van der Waals surface area contributed by atoms with Gasteiger partial charge < -0.3 is 0 Å². The highest BCUT2D eigenvalue weighted by Crippen LogP contribution is 2.25. The molecule has 0 spiro atoms. The Morgan fingerprint density at radius 3 is 2.71 bits per heavy atom. The van der Waals surface area contributed by atoms with Gasteiger partial charge in [0.1, 0.15) is 0 Å². The monoisotopic (exact) mass is 189 g/mol. The Balaban J connectivity index is 3.20. The molecule has 3 nitrogen and oxygen atoms in total. The molecule has 72 valence electrons. The molecule has 14 heavy (non-hydrogen) atoms. The fourth-order valence-electron chi connectivity index (χ4n) is 1.20. The number of nitrogens with zero attached hydrogens (tertiary/aromatic N) is 1. The van der Waals surface area contributed by atoms with Crippen molar-refractivity contribution in [1.29, 1.82) is 0 Å². The minimum Gasteiger partial charge on any atom is -0.258 e. The second kappa shape index (κ2) is 3.51. The molecule has 0 fully saturated rings. The van der Waals surface area contributed by atoms with Gasteiger partial charge in [-0.1, -0.05) is 31.9 Å². The van der Waals surface area contributed by atoms with Gasteiger partial charge >= 0.3 is 0 Å². The second-order valence-corrected chi connectivity index (χ2v) is 3.73. The van der Waals surface area contributed by atoms with E-state index in [2.05, 4.69) is 5.92 Å². The van der Waals surface area contributed by atoms with Crippen molar-refractivity contribution in [2.75, 3.05) is 0 Å². The largest absolute Gasteiger partial charge is 0.270 e. The second-order valence-electron chi connectivity index (χ2n) is 3.73. The summed E-state index contributed by atoms with van der Waals surface area (Å²) in [5.41, 5.74) is 0.335. The Morgan fingerprint density at radius 1 is 1.57 bits per heavy atom. The van der Waals surface area contributed by atoms with E-state index in [-0.39, 0.29) is 11.1 Å². The van der Waals surface area contributed by atoms with Gasteiger partial charge in [-0.05, 0) is 0 Å². The molecule has 0 saturated carbocycles. The van der Waals surface area contributed by atoms with Crippen LogP contribution in [0.5, 0.6) is 0 Å². The van der Waals surface area contributed by atoms with Crippen molar-refractivity contribution >= 4 is 0 Å². The summed E-state index contributed by atoms with van der Waals surface area (Å²) in [4.78, 5) is 10.1. The van der Waals surface area contributed by atoms with E-state index >= 15 is 0 Å². The maximum absolute atomic E-state index is 10.6. The maximum Gasteiger partial charge on any atom is 0.270 e. The zero-order valence-corrected chi connectivity index (χ0v) is 8.15. The number of allylic oxidation sites excluding steroid dienone is 5. The zero-order valence-electron chi connectivity index (χ0n) is 8.15. The van der Waals surface area contributed by atoms with E-state index in [1.54, 1.807) is 6.08 Å². The molecule has 0 atom stereocenters. The van der Waals surface area contributed by atoms with Crippen molar-refractivity contribution in [2.45, 2.75) is 13.8 Å². The van der Waals surface area contributed by atoms with E-state index in [1.807, 2.05) is 19.9 Å². The summed E-state index contributed by atoms with van der Waals surface area (Å²) < 4.78 is 0. The van der Waals surface area contributed by atoms with Gasteiger partial charge in [0.25, 0.3) is 5.70 Å². The van der Waals surface area contributed by atoms with Crippen LogP contribution in [0.2, 0.25) is 0 Å².